The van der Waals surface area contributed by atoms with Gasteiger partial charge in [0, 0.05) is 18.7 Å². The van der Waals surface area contributed by atoms with Gasteiger partial charge in [-0.2, -0.15) is 8.43 Å². The Morgan fingerprint density at radius 3 is 2.39 bits per heavy atom. The van der Waals surface area contributed by atoms with E-state index < -0.39 is 30.1 Å². The third-order valence-electron chi connectivity index (χ3n) is 4.94. The normalized spacial score (nSPS) is 20.1. The van der Waals surface area contributed by atoms with Crippen LogP contribution in [0.25, 0.3) is 0 Å². The Morgan fingerprint density at radius 1 is 1.03 bits per heavy atom. The summed E-state index contributed by atoms with van der Waals surface area (Å²) in [5.74, 6) is 0.360. The molecule has 0 aromatic heterocycles. The molecule has 31 heavy (non-hydrogen) atoms. The molecule has 1 fully saturated rings. The van der Waals surface area contributed by atoms with Gasteiger partial charge in [-0.3, -0.25) is 0 Å². The zero-order valence-corrected chi connectivity index (χ0v) is 19.2. The number of hydrogen-bond acceptors (Lipinski definition) is 8. The Labute approximate surface area is 181 Å². The van der Waals surface area contributed by atoms with E-state index in [0.717, 1.165) is 31.9 Å². The van der Waals surface area contributed by atoms with E-state index in [9.17, 15) is 25.3 Å². The molecule has 4 rings (SSSR count). The van der Waals surface area contributed by atoms with Crippen LogP contribution in [0.2, 0.25) is 0 Å². The molecule has 0 aliphatic carbocycles. The summed E-state index contributed by atoms with van der Waals surface area (Å²) in [5, 5.41) is 0. The molecule has 13 heteroatoms. The SMILES string of the molecule is CS(=O)(=O)N(c1cccc(Oc2ccc3c(c2)S(=O)(=O)NC2CCCN32)c1)S(C)(=O)=O. The maximum atomic E-state index is 12.7. The van der Waals surface area contributed by atoms with Crippen LogP contribution >= 0.6 is 0 Å². The van der Waals surface area contributed by atoms with E-state index in [1.54, 1.807) is 12.1 Å². The fourth-order valence-electron chi connectivity index (χ4n) is 3.86. The molecule has 2 aliphatic heterocycles. The number of anilines is 2. The number of fused-ring (bicyclic) bond motifs is 3. The lowest BCUT2D eigenvalue weighted by Gasteiger charge is -2.34. The smallest absolute Gasteiger partial charge is 0.245 e. The predicted molar refractivity (Wildman–Crippen MR) is 116 cm³/mol. The molecule has 0 spiro atoms. The first kappa shape index (κ1) is 21.9. The first-order chi connectivity index (χ1) is 14.4. The van der Waals surface area contributed by atoms with Crippen molar-refractivity contribution < 1.29 is 30.0 Å². The summed E-state index contributed by atoms with van der Waals surface area (Å²) in [6, 6.07) is 10.2. The molecule has 0 bridgehead atoms. The third kappa shape index (κ3) is 4.22. The highest BCUT2D eigenvalue weighted by atomic mass is 32.3. The van der Waals surface area contributed by atoms with Gasteiger partial charge in [-0.1, -0.05) is 6.07 Å². The van der Waals surface area contributed by atoms with Crippen LogP contribution in [-0.4, -0.2) is 50.5 Å². The molecule has 0 saturated carbocycles. The summed E-state index contributed by atoms with van der Waals surface area (Å²) in [6.07, 6.45) is 2.94. The predicted octanol–water partition coefficient (Wildman–Crippen LogP) is 1.42. The van der Waals surface area contributed by atoms with Gasteiger partial charge in [0.2, 0.25) is 30.1 Å². The van der Waals surface area contributed by atoms with Crippen LogP contribution in [0.1, 0.15) is 12.8 Å². The van der Waals surface area contributed by atoms with Crippen molar-refractivity contribution in [1.29, 1.82) is 0 Å². The van der Waals surface area contributed by atoms with E-state index in [1.807, 2.05) is 4.90 Å². The molecule has 2 aromatic rings. The van der Waals surface area contributed by atoms with Gasteiger partial charge >= 0.3 is 0 Å². The summed E-state index contributed by atoms with van der Waals surface area (Å²) in [7, 11) is -11.9. The van der Waals surface area contributed by atoms with Crippen molar-refractivity contribution in [2.75, 3.05) is 27.7 Å². The first-order valence-corrected chi connectivity index (χ1v) is 14.5. The highest BCUT2D eigenvalue weighted by Crippen LogP contribution is 2.38. The number of ether oxygens (including phenoxy) is 1. The van der Waals surface area contributed by atoms with Crippen molar-refractivity contribution in [3.63, 3.8) is 0 Å². The zero-order valence-electron chi connectivity index (χ0n) is 16.7. The van der Waals surface area contributed by atoms with Crippen LogP contribution in [0.5, 0.6) is 11.5 Å². The van der Waals surface area contributed by atoms with Gasteiger partial charge in [0.25, 0.3) is 0 Å². The molecule has 1 saturated heterocycles. The number of hydrogen-bond donors (Lipinski definition) is 1. The Kier molecular flexibility index (Phi) is 5.19. The van der Waals surface area contributed by atoms with Crippen LogP contribution < -0.4 is 18.1 Å². The summed E-state index contributed by atoms with van der Waals surface area (Å²) in [5.41, 5.74) is 0.484. The van der Waals surface area contributed by atoms with Crippen LogP contribution in [0.3, 0.4) is 0 Å². The number of nitrogens with one attached hydrogen (secondary N) is 1. The van der Waals surface area contributed by atoms with E-state index in [1.165, 1.54) is 30.3 Å². The van der Waals surface area contributed by atoms with Gasteiger partial charge in [0.05, 0.1) is 30.1 Å². The first-order valence-electron chi connectivity index (χ1n) is 9.28. The van der Waals surface area contributed by atoms with Crippen molar-refractivity contribution in [3.05, 3.63) is 42.5 Å². The maximum Gasteiger partial charge on any atom is 0.245 e. The molecule has 2 heterocycles. The molecular formula is C18H21N3O7S3. The lowest BCUT2D eigenvalue weighted by atomic mass is 10.2. The highest BCUT2D eigenvalue weighted by Gasteiger charge is 2.38. The van der Waals surface area contributed by atoms with Crippen LogP contribution in [0, 0.1) is 0 Å². The summed E-state index contributed by atoms with van der Waals surface area (Å²) in [4.78, 5) is 2.09. The Morgan fingerprint density at radius 2 is 1.71 bits per heavy atom. The summed E-state index contributed by atoms with van der Waals surface area (Å²) in [6.45, 7) is 0.745. The number of rotatable bonds is 5. The minimum Gasteiger partial charge on any atom is -0.457 e. The maximum absolute atomic E-state index is 12.7. The molecule has 1 N–H and O–H groups in total. The number of nitrogens with zero attached hydrogens (tertiary/aromatic N) is 2. The zero-order chi connectivity index (χ0) is 22.6. The van der Waals surface area contributed by atoms with E-state index in [2.05, 4.69) is 4.72 Å². The number of sulfonamides is 3. The lowest BCUT2D eigenvalue weighted by molar-refractivity contribution is 0.479. The minimum atomic E-state index is -4.10. The van der Waals surface area contributed by atoms with Crippen LogP contribution in [0.15, 0.2) is 47.4 Å². The molecule has 2 aliphatic rings. The Bertz CT molecular complexity index is 1320. The van der Waals surface area contributed by atoms with Gasteiger partial charge in [0.15, 0.2) is 0 Å². The fourth-order valence-corrected chi connectivity index (χ4v) is 8.28. The van der Waals surface area contributed by atoms with E-state index in [-0.39, 0.29) is 28.2 Å². The van der Waals surface area contributed by atoms with Crippen molar-refractivity contribution in [1.82, 2.24) is 4.72 Å². The van der Waals surface area contributed by atoms with Crippen molar-refractivity contribution in [2.24, 2.45) is 0 Å². The molecule has 1 unspecified atom stereocenters. The average molecular weight is 488 g/mol. The van der Waals surface area contributed by atoms with Crippen molar-refractivity contribution in [3.8, 4) is 11.5 Å². The van der Waals surface area contributed by atoms with Gasteiger partial charge in [-0.05, 0) is 37.1 Å². The lowest BCUT2D eigenvalue weighted by Crippen LogP contribution is -2.48. The molecule has 0 amide bonds. The van der Waals surface area contributed by atoms with Crippen molar-refractivity contribution in [2.45, 2.75) is 23.9 Å². The second kappa shape index (κ2) is 7.36. The standard InChI is InChI=1S/C18H21N3O7S3/c1-29(22,23)21(30(2,24)25)13-5-3-6-14(11-13)28-15-8-9-16-17(12-15)31(26,27)19-18-7-4-10-20(16)18/h3,5-6,8-9,11-12,18-19H,4,7,10H2,1-2H3. The number of benzene rings is 2. The van der Waals surface area contributed by atoms with Crippen LogP contribution in [-0.2, 0) is 30.1 Å². The minimum absolute atomic E-state index is 0.0909. The average Bonchev–Trinajstić information content (AvgIpc) is 3.07. The Hall–Kier alpha value is -2.35. The Balaban J connectivity index is 1.69. The molecule has 10 nitrogen and oxygen atoms in total. The van der Waals surface area contributed by atoms with E-state index in [4.69, 9.17) is 4.74 Å². The summed E-state index contributed by atoms with van der Waals surface area (Å²) >= 11 is 0. The molecule has 0 radical (unpaired) electrons. The molecular weight excluding hydrogens is 466 g/mol. The quantitative estimate of drug-likeness (QED) is 0.670. The van der Waals surface area contributed by atoms with Crippen molar-refractivity contribution >= 4 is 41.4 Å². The monoisotopic (exact) mass is 487 g/mol. The fraction of sp³-hybridized carbons (Fsp3) is 0.333. The van der Waals surface area contributed by atoms with Gasteiger partial charge in [-0.15, -0.1) is 0 Å². The van der Waals surface area contributed by atoms with E-state index in [0.29, 0.717) is 9.40 Å². The highest BCUT2D eigenvalue weighted by molar-refractivity contribution is 8.09. The van der Waals surface area contributed by atoms with Gasteiger partial charge in [-0.25, -0.2) is 25.3 Å². The molecule has 1 atom stereocenters. The van der Waals surface area contributed by atoms with Gasteiger partial charge < -0.3 is 9.64 Å². The second-order valence-electron chi connectivity index (χ2n) is 7.42. The van der Waals surface area contributed by atoms with Crippen LogP contribution in [0.4, 0.5) is 11.4 Å². The molecule has 168 valence electrons. The summed E-state index contributed by atoms with van der Waals surface area (Å²) < 4.78 is 82.0. The van der Waals surface area contributed by atoms with E-state index >= 15 is 0 Å². The molecule has 2 aromatic carbocycles. The topological polar surface area (TPSA) is 130 Å². The van der Waals surface area contributed by atoms with Gasteiger partial charge in [0.1, 0.15) is 16.4 Å². The largest absolute Gasteiger partial charge is 0.457 e. The second-order valence-corrected chi connectivity index (χ2v) is 13.0. The third-order valence-corrected chi connectivity index (χ3v) is 9.68.